The van der Waals surface area contributed by atoms with Crippen LogP contribution >= 0.6 is 0 Å². The Balaban J connectivity index is 3.37. The van der Waals surface area contributed by atoms with E-state index in [0.717, 1.165) is 12.8 Å². The van der Waals surface area contributed by atoms with E-state index >= 15 is 0 Å². The molecule has 2 nitrogen and oxygen atoms in total. The van der Waals surface area contributed by atoms with Gasteiger partial charge in [0.2, 0.25) is 5.91 Å². The molecule has 0 aliphatic rings. The standard InChI is InChI=1S/C10H19NO/c1-4-5-6-7-8-9-10(12)11(2)3/h6-7H,4-5,8-9H2,1-3H3/b7-6+. The molecule has 0 heterocycles. The van der Waals surface area contributed by atoms with Gasteiger partial charge in [-0.3, -0.25) is 4.79 Å². The van der Waals surface area contributed by atoms with Crippen LogP contribution in [0.3, 0.4) is 0 Å². The van der Waals surface area contributed by atoms with Gasteiger partial charge in [0.1, 0.15) is 0 Å². The van der Waals surface area contributed by atoms with Gasteiger partial charge < -0.3 is 4.90 Å². The average molecular weight is 169 g/mol. The molecule has 0 aliphatic carbocycles. The smallest absolute Gasteiger partial charge is 0.222 e. The van der Waals surface area contributed by atoms with Crippen molar-refractivity contribution in [2.24, 2.45) is 0 Å². The first kappa shape index (κ1) is 11.2. The summed E-state index contributed by atoms with van der Waals surface area (Å²) in [6, 6.07) is 0. The highest BCUT2D eigenvalue weighted by Gasteiger charge is 1.99. The van der Waals surface area contributed by atoms with E-state index in [1.807, 2.05) is 0 Å². The third-order valence-corrected chi connectivity index (χ3v) is 1.65. The maximum Gasteiger partial charge on any atom is 0.222 e. The zero-order chi connectivity index (χ0) is 9.40. The maximum atomic E-state index is 11.1. The highest BCUT2D eigenvalue weighted by molar-refractivity contribution is 5.75. The van der Waals surface area contributed by atoms with Gasteiger partial charge >= 0.3 is 0 Å². The summed E-state index contributed by atoms with van der Waals surface area (Å²) in [6.45, 7) is 2.15. The van der Waals surface area contributed by atoms with Crippen LogP contribution in [0.25, 0.3) is 0 Å². The lowest BCUT2D eigenvalue weighted by Gasteiger charge is -2.07. The van der Waals surface area contributed by atoms with Gasteiger partial charge in [-0.1, -0.05) is 25.5 Å². The van der Waals surface area contributed by atoms with Gasteiger partial charge in [0, 0.05) is 20.5 Å². The lowest BCUT2D eigenvalue weighted by atomic mass is 10.2. The number of carbonyl (C=O) groups is 1. The fourth-order valence-corrected chi connectivity index (χ4v) is 0.833. The summed E-state index contributed by atoms with van der Waals surface area (Å²) in [5.41, 5.74) is 0. The molecule has 0 fully saturated rings. The van der Waals surface area contributed by atoms with Gasteiger partial charge in [0.25, 0.3) is 0 Å². The third-order valence-electron chi connectivity index (χ3n) is 1.65. The van der Waals surface area contributed by atoms with E-state index in [2.05, 4.69) is 19.1 Å². The van der Waals surface area contributed by atoms with Crippen molar-refractivity contribution >= 4 is 5.91 Å². The molecule has 0 aromatic rings. The largest absolute Gasteiger partial charge is 0.349 e. The number of carbonyl (C=O) groups excluding carboxylic acids is 1. The Morgan fingerprint density at radius 3 is 2.33 bits per heavy atom. The van der Waals surface area contributed by atoms with Gasteiger partial charge in [-0.25, -0.2) is 0 Å². The number of unbranched alkanes of at least 4 members (excludes halogenated alkanes) is 1. The van der Waals surface area contributed by atoms with Gasteiger partial charge in [-0.05, 0) is 12.8 Å². The number of allylic oxidation sites excluding steroid dienone is 2. The lowest BCUT2D eigenvalue weighted by Crippen LogP contribution is -2.20. The summed E-state index contributed by atoms with van der Waals surface area (Å²) in [5.74, 6) is 0.205. The first-order valence-electron chi connectivity index (χ1n) is 4.53. The number of hydrogen-bond donors (Lipinski definition) is 0. The van der Waals surface area contributed by atoms with Gasteiger partial charge in [-0.2, -0.15) is 0 Å². The normalized spacial score (nSPS) is 10.6. The number of rotatable bonds is 5. The first-order chi connectivity index (χ1) is 5.68. The summed E-state index contributed by atoms with van der Waals surface area (Å²) in [5, 5.41) is 0. The average Bonchev–Trinajstić information content (AvgIpc) is 2.03. The monoisotopic (exact) mass is 169 g/mol. The van der Waals surface area contributed by atoms with Crippen LogP contribution in [0.2, 0.25) is 0 Å². The molecule has 0 radical (unpaired) electrons. The van der Waals surface area contributed by atoms with E-state index in [1.54, 1.807) is 19.0 Å². The zero-order valence-electron chi connectivity index (χ0n) is 8.34. The van der Waals surface area contributed by atoms with Crippen molar-refractivity contribution in [3.8, 4) is 0 Å². The Bertz CT molecular complexity index is 150. The molecule has 1 amide bonds. The molecule has 0 aromatic carbocycles. The minimum absolute atomic E-state index is 0.205. The van der Waals surface area contributed by atoms with Crippen molar-refractivity contribution < 1.29 is 4.79 Å². The predicted octanol–water partition coefficient (Wildman–Crippen LogP) is 2.21. The molecule has 0 unspecified atom stereocenters. The quantitative estimate of drug-likeness (QED) is 0.578. The van der Waals surface area contributed by atoms with E-state index in [4.69, 9.17) is 0 Å². The molecule has 0 aliphatic heterocycles. The molecule has 70 valence electrons. The maximum absolute atomic E-state index is 11.1. The van der Waals surface area contributed by atoms with E-state index in [-0.39, 0.29) is 5.91 Å². The molecule has 12 heavy (non-hydrogen) atoms. The number of amides is 1. The van der Waals surface area contributed by atoms with Crippen LogP contribution in [0.4, 0.5) is 0 Å². The molecule has 0 N–H and O–H groups in total. The minimum Gasteiger partial charge on any atom is -0.349 e. The summed E-state index contributed by atoms with van der Waals surface area (Å²) < 4.78 is 0. The Labute approximate surface area is 75.3 Å². The second kappa shape index (κ2) is 6.89. The van der Waals surface area contributed by atoms with Crippen molar-refractivity contribution in [2.75, 3.05) is 14.1 Å². The van der Waals surface area contributed by atoms with Crippen LogP contribution < -0.4 is 0 Å². The second-order valence-corrected chi connectivity index (χ2v) is 3.09. The van der Waals surface area contributed by atoms with Crippen molar-refractivity contribution in [1.82, 2.24) is 4.90 Å². The van der Waals surface area contributed by atoms with E-state index in [9.17, 15) is 4.79 Å². The fourth-order valence-electron chi connectivity index (χ4n) is 0.833. The first-order valence-corrected chi connectivity index (χ1v) is 4.53. The topological polar surface area (TPSA) is 20.3 Å². The van der Waals surface area contributed by atoms with Gasteiger partial charge in [0.15, 0.2) is 0 Å². The summed E-state index contributed by atoms with van der Waals surface area (Å²) >= 11 is 0. The van der Waals surface area contributed by atoms with Crippen LogP contribution in [0.15, 0.2) is 12.2 Å². The lowest BCUT2D eigenvalue weighted by molar-refractivity contribution is -0.128. The molecule has 0 aromatic heterocycles. The highest BCUT2D eigenvalue weighted by Crippen LogP contribution is 1.97. The van der Waals surface area contributed by atoms with E-state index in [0.29, 0.717) is 6.42 Å². The Hall–Kier alpha value is -0.790. The predicted molar refractivity (Wildman–Crippen MR) is 52.0 cm³/mol. The van der Waals surface area contributed by atoms with Gasteiger partial charge in [0.05, 0.1) is 0 Å². The highest BCUT2D eigenvalue weighted by atomic mass is 16.2. The molecule has 0 bridgehead atoms. The molecule has 0 spiro atoms. The Kier molecular flexibility index (Phi) is 6.44. The van der Waals surface area contributed by atoms with Crippen molar-refractivity contribution in [1.29, 1.82) is 0 Å². The van der Waals surface area contributed by atoms with Crippen molar-refractivity contribution in [2.45, 2.75) is 32.6 Å². The summed E-state index contributed by atoms with van der Waals surface area (Å²) in [6.07, 6.45) is 8.03. The molecular formula is C10H19NO. The Morgan fingerprint density at radius 1 is 1.25 bits per heavy atom. The third kappa shape index (κ3) is 5.96. The molecular weight excluding hydrogens is 150 g/mol. The SMILES string of the molecule is CCC/C=C/CCC(=O)N(C)C. The van der Waals surface area contributed by atoms with Crippen LogP contribution in [-0.2, 0) is 4.79 Å². The van der Waals surface area contributed by atoms with Crippen LogP contribution in [-0.4, -0.2) is 24.9 Å². The van der Waals surface area contributed by atoms with Crippen LogP contribution in [0.1, 0.15) is 32.6 Å². The van der Waals surface area contributed by atoms with Gasteiger partial charge in [-0.15, -0.1) is 0 Å². The fraction of sp³-hybridized carbons (Fsp3) is 0.700. The summed E-state index contributed by atoms with van der Waals surface area (Å²) in [4.78, 5) is 12.7. The van der Waals surface area contributed by atoms with Crippen molar-refractivity contribution in [3.05, 3.63) is 12.2 Å². The molecule has 0 saturated heterocycles. The molecule has 0 saturated carbocycles. The zero-order valence-corrected chi connectivity index (χ0v) is 8.34. The summed E-state index contributed by atoms with van der Waals surface area (Å²) in [7, 11) is 3.58. The number of nitrogens with zero attached hydrogens (tertiary/aromatic N) is 1. The Morgan fingerprint density at radius 2 is 1.83 bits per heavy atom. The molecule has 2 heteroatoms. The minimum atomic E-state index is 0.205. The van der Waals surface area contributed by atoms with E-state index in [1.165, 1.54) is 6.42 Å². The molecule has 0 atom stereocenters. The van der Waals surface area contributed by atoms with Crippen molar-refractivity contribution in [3.63, 3.8) is 0 Å². The van der Waals surface area contributed by atoms with Crippen LogP contribution in [0.5, 0.6) is 0 Å². The van der Waals surface area contributed by atoms with Crippen LogP contribution in [0, 0.1) is 0 Å². The number of hydrogen-bond acceptors (Lipinski definition) is 1. The molecule has 0 rings (SSSR count). The second-order valence-electron chi connectivity index (χ2n) is 3.09. The van der Waals surface area contributed by atoms with E-state index < -0.39 is 0 Å².